The molecule has 0 unspecified atom stereocenters. The van der Waals surface area contributed by atoms with Crippen LogP contribution in [0.3, 0.4) is 0 Å². The topological polar surface area (TPSA) is 41.5 Å². The van der Waals surface area contributed by atoms with Gasteiger partial charge in [0.05, 0.1) is 0 Å². The van der Waals surface area contributed by atoms with Crippen molar-refractivity contribution < 1.29 is 20.1 Å². The van der Waals surface area contributed by atoms with E-state index < -0.39 is 0 Å². The van der Waals surface area contributed by atoms with Crippen molar-refractivity contribution in [3.63, 3.8) is 0 Å². The zero-order valence-corrected chi connectivity index (χ0v) is 20.2. The smallest absolute Gasteiger partial charge is 0.133 e. The standard InChI is InChI=1S/2C8H15NS2.H3N.Tc/c2*1-9(8(10)11)7-5-3-2-4-6-7;;/h2*7H,2-6H2,1H3,(H,10,11);1H3;/i;;;1+1. The first kappa shape index (κ1) is 27.3. The second kappa shape index (κ2) is 15.2. The number of thiol groups is 2. The van der Waals surface area contributed by atoms with E-state index in [9.17, 15) is 0 Å². The maximum Gasteiger partial charge on any atom is 0.133 e. The summed E-state index contributed by atoms with van der Waals surface area (Å²) in [4.78, 5) is 4.25. The Kier molecular flexibility index (Phi) is 17.3. The third-order valence-electron chi connectivity index (χ3n) is 4.85. The minimum Gasteiger partial charge on any atom is -0.358 e. The fourth-order valence-corrected chi connectivity index (χ4v) is 3.87. The van der Waals surface area contributed by atoms with Crippen molar-refractivity contribution in [3.8, 4) is 0 Å². The van der Waals surface area contributed by atoms with Crippen molar-refractivity contribution in [3.05, 3.63) is 0 Å². The number of hydrogen-bond donors (Lipinski definition) is 3. The fraction of sp³-hybridized carbons (Fsp3) is 0.875. The molecule has 2 fully saturated rings. The summed E-state index contributed by atoms with van der Waals surface area (Å²) in [7, 11) is 4.09. The van der Waals surface area contributed by atoms with Gasteiger partial charge in [0.25, 0.3) is 0 Å². The van der Waals surface area contributed by atoms with Crippen LogP contribution >= 0.6 is 49.7 Å². The molecule has 3 N–H and O–H groups in total. The van der Waals surface area contributed by atoms with E-state index in [0.717, 1.165) is 8.64 Å². The van der Waals surface area contributed by atoms with E-state index in [0.29, 0.717) is 12.1 Å². The molecule has 0 spiro atoms. The second-order valence-electron chi connectivity index (χ2n) is 6.37. The van der Waals surface area contributed by atoms with E-state index in [1.165, 1.54) is 64.2 Å². The zero-order valence-electron chi connectivity index (χ0n) is 14.9. The van der Waals surface area contributed by atoms with Gasteiger partial charge in [-0.2, -0.15) is 0 Å². The molecule has 24 heavy (non-hydrogen) atoms. The maximum atomic E-state index is 4.99. The molecule has 0 saturated heterocycles. The molecule has 143 valence electrons. The first-order valence-electron chi connectivity index (χ1n) is 8.35. The van der Waals surface area contributed by atoms with Gasteiger partial charge >= 0.3 is 0 Å². The minimum absolute atomic E-state index is 0. The number of rotatable bonds is 2. The van der Waals surface area contributed by atoms with Crippen molar-refractivity contribution >= 4 is 58.3 Å². The van der Waals surface area contributed by atoms with E-state index in [2.05, 4.69) is 35.1 Å². The summed E-state index contributed by atoms with van der Waals surface area (Å²) >= 11 is 18.3. The molecule has 0 heterocycles. The Balaban J connectivity index is 0. The molecule has 0 aromatic carbocycles. The van der Waals surface area contributed by atoms with Gasteiger partial charge in [0, 0.05) is 46.3 Å². The van der Waals surface area contributed by atoms with Crippen LogP contribution in [0.15, 0.2) is 0 Å². The summed E-state index contributed by atoms with van der Waals surface area (Å²) in [6.45, 7) is 0. The first-order valence-corrected chi connectivity index (χ1v) is 10.1. The van der Waals surface area contributed by atoms with Crippen LogP contribution in [0.2, 0.25) is 0 Å². The molecule has 2 rings (SSSR count). The van der Waals surface area contributed by atoms with Crippen molar-refractivity contribution in [1.82, 2.24) is 16.0 Å². The quantitative estimate of drug-likeness (QED) is 0.369. The van der Waals surface area contributed by atoms with Gasteiger partial charge in [-0.15, -0.1) is 25.3 Å². The number of thiocarbonyl (C=S) groups is 2. The van der Waals surface area contributed by atoms with E-state index in [-0.39, 0.29) is 26.3 Å². The molecular formula is C16H33N3S4Tc. The molecule has 2 aliphatic rings. The van der Waals surface area contributed by atoms with Crippen LogP contribution in [0.5, 0.6) is 0 Å². The molecule has 0 aromatic rings. The van der Waals surface area contributed by atoms with Crippen molar-refractivity contribution in [2.75, 3.05) is 14.1 Å². The summed E-state index contributed by atoms with van der Waals surface area (Å²) in [5.41, 5.74) is 0. The molecule has 8 heteroatoms. The second-order valence-corrected chi connectivity index (χ2v) is 8.60. The van der Waals surface area contributed by atoms with E-state index in [1.54, 1.807) is 0 Å². The normalized spacial score (nSPS) is 18.2. The van der Waals surface area contributed by atoms with E-state index >= 15 is 0 Å². The Morgan fingerprint density at radius 2 is 0.958 bits per heavy atom. The van der Waals surface area contributed by atoms with Crippen LogP contribution in [-0.2, 0) is 20.1 Å². The molecule has 0 aliphatic heterocycles. The first-order chi connectivity index (χ1) is 10.4. The van der Waals surface area contributed by atoms with Gasteiger partial charge in [-0.05, 0) is 25.7 Å². The van der Waals surface area contributed by atoms with Gasteiger partial charge in [0.15, 0.2) is 0 Å². The van der Waals surface area contributed by atoms with Crippen LogP contribution in [0.1, 0.15) is 64.2 Å². The Morgan fingerprint density at radius 3 is 1.17 bits per heavy atom. The molecule has 0 atom stereocenters. The molecule has 3 nitrogen and oxygen atoms in total. The predicted octanol–water partition coefficient (Wildman–Crippen LogP) is 5.09. The van der Waals surface area contributed by atoms with Crippen LogP contribution in [0.4, 0.5) is 0 Å². The largest absolute Gasteiger partial charge is 0.358 e. The van der Waals surface area contributed by atoms with Gasteiger partial charge < -0.3 is 16.0 Å². The summed E-state index contributed by atoms with van der Waals surface area (Å²) < 4.78 is 1.47. The zero-order chi connectivity index (χ0) is 16.5. The van der Waals surface area contributed by atoms with Crippen LogP contribution in [-0.4, -0.2) is 44.6 Å². The summed E-state index contributed by atoms with van der Waals surface area (Å²) in [6, 6.07) is 1.32. The average molecular weight is 495 g/mol. The van der Waals surface area contributed by atoms with Crippen molar-refractivity contribution in [2.45, 2.75) is 76.3 Å². The van der Waals surface area contributed by atoms with Gasteiger partial charge in [-0.3, -0.25) is 0 Å². The van der Waals surface area contributed by atoms with Gasteiger partial charge in [0.2, 0.25) is 0 Å². The van der Waals surface area contributed by atoms with Gasteiger partial charge in [-0.1, -0.05) is 63.0 Å². The Hall–Kier alpha value is 1.09. The van der Waals surface area contributed by atoms with Crippen LogP contribution < -0.4 is 6.15 Å². The maximum absolute atomic E-state index is 4.99. The van der Waals surface area contributed by atoms with Crippen LogP contribution in [0.25, 0.3) is 0 Å². The Bertz CT molecular complexity index is 325. The summed E-state index contributed by atoms with van der Waals surface area (Å²) in [5.74, 6) is 0. The average Bonchev–Trinajstić information content (AvgIpc) is 2.55. The molecule has 2 saturated carbocycles. The predicted molar refractivity (Wildman–Crippen MR) is 117 cm³/mol. The third-order valence-corrected chi connectivity index (χ3v) is 6.06. The number of nitrogens with zero attached hydrogens (tertiary/aromatic N) is 2. The SMILES string of the molecule is CN(C(=S)S)C1CCCCC1.CN(C(=S)S)C1CCCCC1.N.[99Tc]. The van der Waals surface area contributed by atoms with E-state index in [4.69, 9.17) is 24.4 Å². The monoisotopic (exact) mass is 494 g/mol. The molecule has 0 amide bonds. The molecular weight excluding hydrogens is 461 g/mol. The molecule has 2 aliphatic carbocycles. The van der Waals surface area contributed by atoms with Crippen molar-refractivity contribution in [2.24, 2.45) is 0 Å². The fourth-order valence-electron chi connectivity index (χ4n) is 3.25. The molecule has 0 aromatic heterocycles. The third kappa shape index (κ3) is 10.3. The van der Waals surface area contributed by atoms with Gasteiger partial charge in [0.1, 0.15) is 8.64 Å². The molecule has 1 radical (unpaired) electrons. The summed E-state index contributed by atoms with van der Waals surface area (Å²) in [6.07, 6.45) is 13.4. The Morgan fingerprint density at radius 1 is 0.708 bits per heavy atom. The van der Waals surface area contributed by atoms with Gasteiger partial charge in [-0.25, -0.2) is 0 Å². The van der Waals surface area contributed by atoms with Crippen LogP contribution in [0, 0.1) is 0 Å². The number of hydrogen-bond acceptors (Lipinski definition) is 3. The summed E-state index contributed by atoms with van der Waals surface area (Å²) in [5, 5.41) is 0. The van der Waals surface area contributed by atoms with E-state index in [1.807, 2.05) is 14.1 Å². The van der Waals surface area contributed by atoms with Crippen molar-refractivity contribution in [1.29, 1.82) is 0 Å². The molecule has 0 bridgehead atoms. The minimum atomic E-state index is 0. The Labute approximate surface area is 183 Å².